The lowest BCUT2D eigenvalue weighted by atomic mass is 10.0. The second kappa shape index (κ2) is 5.73. The molecule has 90 valence electrons. The number of aryl methyl sites for hydroxylation is 1. The highest BCUT2D eigenvalue weighted by molar-refractivity contribution is 7.99. The SMILES string of the molecule is CNC(CSc1cnn(C)c1)C1CCCC1. The van der Waals surface area contributed by atoms with Crippen LogP contribution in [0.25, 0.3) is 0 Å². The molecule has 16 heavy (non-hydrogen) atoms. The van der Waals surface area contributed by atoms with E-state index in [1.54, 1.807) is 0 Å². The van der Waals surface area contributed by atoms with Crippen molar-refractivity contribution in [2.24, 2.45) is 13.0 Å². The molecule has 1 N–H and O–H groups in total. The van der Waals surface area contributed by atoms with E-state index in [1.807, 2.05) is 29.7 Å². The van der Waals surface area contributed by atoms with Crippen molar-refractivity contribution in [3.8, 4) is 0 Å². The molecule has 1 aliphatic carbocycles. The summed E-state index contributed by atoms with van der Waals surface area (Å²) in [4.78, 5) is 1.28. The number of hydrogen-bond acceptors (Lipinski definition) is 3. The summed E-state index contributed by atoms with van der Waals surface area (Å²) in [6.07, 6.45) is 9.68. The van der Waals surface area contributed by atoms with E-state index in [2.05, 4.69) is 23.7 Å². The average molecular weight is 239 g/mol. The molecular formula is C12H21N3S. The van der Waals surface area contributed by atoms with Crippen LogP contribution < -0.4 is 5.32 Å². The molecule has 0 spiro atoms. The van der Waals surface area contributed by atoms with Crippen molar-refractivity contribution in [1.29, 1.82) is 0 Å². The van der Waals surface area contributed by atoms with E-state index in [0.29, 0.717) is 6.04 Å². The van der Waals surface area contributed by atoms with Gasteiger partial charge in [-0.2, -0.15) is 5.10 Å². The van der Waals surface area contributed by atoms with E-state index in [1.165, 1.54) is 30.6 Å². The zero-order chi connectivity index (χ0) is 11.4. The van der Waals surface area contributed by atoms with E-state index in [4.69, 9.17) is 0 Å². The topological polar surface area (TPSA) is 29.9 Å². The van der Waals surface area contributed by atoms with Gasteiger partial charge < -0.3 is 5.32 Å². The summed E-state index contributed by atoms with van der Waals surface area (Å²) >= 11 is 1.91. The minimum Gasteiger partial charge on any atom is -0.316 e. The summed E-state index contributed by atoms with van der Waals surface area (Å²) in [7, 11) is 4.06. The summed E-state index contributed by atoms with van der Waals surface area (Å²) in [6.45, 7) is 0. The number of rotatable bonds is 5. The Morgan fingerprint density at radius 3 is 2.88 bits per heavy atom. The summed E-state index contributed by atoms with van der Waals surface area (Å²) in [5.41, 5.74) is 0. The molecule has 1 aromatic rings. The van der Waals surface area contributed by atoms with Crippen molar-refractivity contribution in [3.63, 3.8) is 0 Å². The van der Waals surface area contributed by atoms with Crippen LogP contribution in [-0.2, 0) is 7.05 Å². The van der Waals surface area contributed by atoms with Crippen LogP contribution in [0.3, 0.4) is 0 Å². The first-order valence-corrected chi connectivity index (χ1v) is 7.07. The third kappa shape index (κ3) is 3.01. The first-order chi connectivity index (χ1) is 7.79. The molecule has 1 saturated carbocycles. The fraction of sp³-hybridized carbons (Fsp3) is 0.750. The van der Waals surface area contributed by atoms with Crippen LogP contribution in [0, 0.1) is 5.92 Å². The molecule has 1 unspecified atom stereocenters. The largest absolute Gasteiger partial charge is 0.316 e. The highest BCUT2D eigenvalue weighted by Gasteiger charge is 2.23. The van der Waals surface area contributed by atoms with Crippen LogP contribution in [0.2, 0.25) is 0 Å². The van der Waals surface area contributed by atoms with Crippen molar-refractivity contribution >= 4 is 11.8 Å². The fourth-order valence-electron chi connectivity index (χ4n) is 2.47. The van der Waals surface area contributed by atoms with Gasteiger partial charge >= 0.3 is 0 Å². The lowest BCUT2D eigenvalue weighted by Gasteiger charge is -2.22. The van der Waals surface area contributed by atoms with Gasteiger partial charge in [-0.05, 0) is 25.8 Å². The molecular weight excluding hydrogens is 218 g/mol. The average Bonchev–Trinajstić information content (AvgIpc) is 2.91. The maximum absolute atomic E-state index is 4.19. The fourth-order valence-corrected chi connectivity index (χ4v) is 3.63. The molecule has 3 nitrogen and oxygen atoms in total. The van der Waals surface area contributed by atoms with Gasteiger partial charge in [-0.1, -0.05) is 12.8 Å². The van der Waals surface area contributed by atoms with Crippen molar-refractivity contribution in [2.75, 3.05) is 12.8 Å². The molecule has 1 aromatic heterocycles. The van der Waals surface area contributed by atoms with E-state index < -0.39 is 0 Å². The summed E-state index contributed by atoms with van der Waals surface area (Å²) in [5.74, 6) is 2.04. The number of thioether (sulfide) groups is 1. The molecule has 0 saturated heterocycles. The Kier molecular flexibility index (Phi) is 4.29. The summed E-state index contributed by atoms with van der Waals surface area (Å²) in [6, 6.07) is 0.660. The quantitative estimate of drug-likeness (QED) is 0.800. The van der Waals surface area contributed by atoms with Gasteiger partial charge in [-0.25, -0.2) is 0 Å². The van der Waals surface area contributed by atoms with E-state index >= 15 is 0 Å². The zero-order valence-corrected chi connectivity index (χ0v) is 11.0. The van der Waals surface area contributed by atoms with Crippen LogP contribution in [0.15, 0.2) is 17.3 Å². The Hall–Kier alpha value is -0.480. The highest BCUT2D eigenvalue weighted by Crippen LogP contribution is 2.30. The van der Waals surface area contributed by atoms with E-state index in [9.17, 15) is 0 Å². The molecule has 0 bridgehead atoms. The van der Waals surface area contributed by atoms with Crippen molar-refractivity contribution in [1.82, 2.24) is 15.1 Å². The second-order valence-corrected chi connectivity index (χ2v) is 5.69. The number of nitrogens with one attached hydrogen (secondary N) is 1. The Labute approximate surface area is 102 Å². The summed E-state index contributed by atoms with van der Waals surface area (Å²) in [5, 5.41) is 7.67. The van der Waals surface area contributed by atoms with Crippen LogP contribution >= 0.6 is 11.8 Å². The molecule has 0 radical (unpaired) electrons. The van der Waals surface area contributed by atoms with Crippen molar-refractivity contribution < 1.29 is 0 Å². The van der Waals surface area contributed by atoms with Crippen molar-refractivity contribution in [3.05, 3.63) is 12.4 Å². The van der Waals surface area contributed by atoms with Gasteiger partial charge in [0.15, 0.2) is 0 Å². The lowest BCUT2D eigenvalue weighted by Crippen LogP contribution is -2.34. The first kappa shape index (κ1) is 12.0. The van der Waals surface area contributed by atoms with Gasteiger partial charge in [0.25, 0.3) is 0 Å². The monoisotopic (exact) mass is 239 g/mol. The van der Waals surface area contributed by atoms with Gasteiger partial charge in [-0.15, -0.1) is 11.8 Å². The maximum atomic E-state index is 4.19. The third-order valence-corrected chi connectivity index (χ3v) is 4.52. The van der Waals surface area contributed by atoms with Gasteiger partial charge in [0.1, 0.15) is 0 Å². The van der Waals surface area contributed by atoms with Gasteiger partial charge in [0.05, 0.1) is 6.20 Å². The second-order valence-electron chi connectivity index (χ2n) is 4.60. The highest BCUT2D eigenvalue weighted by atomic mass is 32.2. The molecule has 1 atom stereocenters. The molecule has 0 amide bonds. The Balaban J connectivity index is 1.82. The first-order valence-electron chi connectivity index (χ1n) is 6.08. The minimum absolute atomic E-state index is 0.660. The molecule has 4 heteroatoms. The van der Waals surface area contributed by atoms with Gasteiger partial charge in [-0.3, -0.25) is 4.68 Å². The predicted octanol–water partition coefficient (Wildman–Crippen LogP) is 2.29. The van der Waals surface area contributed by atoms with Crippen LogP contribution in [-0.4, -0.2) is 28.6 Å². The molecule has 1 heterocycles. The Morgan fingerprint density at radius 2 is 2.31 bits per heavy atom. The number of aromatic nitrogens is 2. The predicted molar refractivity (Wildman–Crippen MR) is 68.7 cm³/mol. The van der Waals surface area contributed by atoms with Crippen molar-refractivity contribution in [2.45, 2.75) is 36.6 Å². The van der Waals surface area contributed by atoms with Gasteiger partial charge in [0, 0.05) is 29.9 Å². The molecule has 1 aliphatic rings. The van der Waals surface area contributed by atoms with Gasteiger partial charge in [0.2, 0.25) is 0 Å². The minimum atomic E-state index is 0.660. The summed E-state index contributed by atoms with van der Waals surface area (Å²) < 4.78 is 1.87. The van der Waals surface area contributed by atoms with Crippen LogP contribution in [0.4, 0.5) is 0 Å². The molecule has 0 aliphatic heterocycles. The van der Waals surface area contributed by atoms with E-state index in [0.717, 1.165) is 11.7 Å². The zero-order valence-electron chi connectivity index (χ0n) is 10.1. The Bertz CT molecular complexity index is 318. The number of hydrogen-bond donors (Lipinski definition) is 1. The normalized spacial score (nSPS) is 19.1. The maximum Gasteiger partial charge on any atom is 0.0625 e. The molecule has 1 fully saturated rings. The molecule has 0 aromatic carbocycles. The molecule has 2 rings (SSSR count). The third-order valence-electron chi connectivity index (χ3n) is 3.45. The Morgan fingerprint density at radius 1 is 1.56 bits per heavy atom. The van der Waals surface area contributed by atoms with Crippen LogP contribution in [0.1, 0.15) is 25.7 Å². The number of nitrogens with zero attached hydrogens (tertiary/aromatic N) is 2. The lowest BCUT2D eigenvalue weighted by molar-refractivity contribution is 0.410. The van der Waals surface area contributed by atoms with E-state index in [-0.39, 0.29) is 0 Å². The van der Waals surface area contributed by atoms with Crippen LogP contribution in [0.5, 0.6) is 0 Å². The smallest absolute Gasteiger partial charge is 0.0625 e. The standard InChI is InChI=1S/C12H21N3S/c1-13-12(10-5-3-4-6-10)9-16-11-7-14-15(2)8-11/h7-8,10,12-13H,3-6,9H2,1-2H3.